The molecule has 0 radical (unpaired) electrons. The fourth-order valence-corrected chi connectivity index (χ4v) is 1.77. The number of phenols is 1. The molecule has 2 rings (SSSR count). The number of pyridine rings is 1. The van der Waals surface area contributed by atoms with Crippen LogP contribution in [-0.4, -0.2) is 10.1 Å². The number of rotatable bonds is 3. The molecule has 0 amide bonds. The van der Waals surface area contributed by atoms with Gasteiger partial charge in [-0.15, -0.1) is 0 Å². The summed E-state index contributed by atoms with van der Waals surface area (Å²) in [7, 11) is 0. The number of phenolic OH excluding ortho intramolecular Hbond substituents is 1. The summed E-state index contributed by atoms with van der Waals surface area (Å²) in [6.07, 6.45) is 3.38. The van der Waals surface area contributed by atoms with E-state index in [-0.39, 0.29) is 5.75 Å². The van der Waals surface area contributed by atoms with Crippen LogP contribution in [0.25, 0.3) is 0 Å². The van der Waals surface area contributed by atoms with Crippen molar-refractivity contribution in [3.05, 3.63) is 58.9 Å². The first-order valence-corrected chi connectivity index (χ1v) is 5.51. The molecule has 0 atom stereocenters. The normalized spacial score (nSPS) is 10.3. The van der Waals surface area contributed by atoms with Crippen LogP contribution in [0.5, 0.6) is 5.75 Å². The van der Waals surface area contributed by atoms with Crippen molar-refractivity contribution in [3.8, 4) is 5.75 Å². The molecule has 2 nitrogen and oxygen atoms in total. The van der Waals surface area contributed by atoms with Gasteiger partial charge in [-0.1, -0.05) is 17.7 Å². The lowest BCUT2D eigenvalue weighted by atomic mass is 10.1. The smallest absolute Gasteiger partial charge is 0.115 e. The molecule has 1 heterocycles. The minimum absolute atomic E-state index is 0.250. The lowest BCUT2D eigenvalue weighted by Gasteiger charge is -2.04. The number of nitrogens with zero attached hydrogens (tertiary/aromatic N) is 1. The average molecular weight is 234 g/mol. The molecule has 3 heteroatoms. The van der Waals surface area contributed by atoms with E-state index in [0.717, 1.165) is 24.1 Å². The van der Waals surface area contributed by atoms with E-state index in [1.165, 1.54) is 0 Å². The number of benzene rings is 1. The Morgan fingerprint density at radius 3 is 2.75 bits per heavy atom. The quantitative estimate of drug-likeness (QED) is 0.883. The first-order chi connectivity index (χ1) is 7.75. The van der Waals surface area contributed by atoms with Crippen LogP contribution in [0.2, 0.25) is 5.02 Å². The molecule has 0 saturated heterocycles. The second-order valence-electron chi connectivity index (χ2n) is 3.60. The molecule has 0 spiro atoms. The van der Waals surface area contributed by atoms with Gasteiger partial charge in [0.25, 0.3) is 0 Å². The number of aromatic hydroxyl groups is 1. The highest BCUT2D eigenvalue weighted by atomic mass is 35.5. The molecule has 0 fully saturated rings. The molecule has 0 bridgehead atoms. The molecule has 0 aliphatic carbocycles. The Balaban J connectivity index is 2.08. The summed E-state index contributed by atoms with van der Waals surface area (Å²) < 4.78 is 0. The van der Waals surface area contributed by atoms with Crippen molar-refractivity contribution in [1.29, 1.82) is 0 Å². The van der Waals surface area contributed by atoms with Gasteiger partial charge in [-0.25, -0.2) is 0 Å². The second-order valence-corrected chi connectivity index (χ2v) is 4.00. The number of hydrogen-bond donors (Lipinski definition) is 1. The molecule has 0 saturated carbocycles. The first kappa shape index (κ1) is 11.0. The molecule has 0 unspecified atom stereocenters. The van der Waals surface area contributed by atoms with E-state index in [0.29, 0.717) is 5.02 Å². The topological polar surface area (TPSA) is 33.1 Å². The van der Waals surface area contributed by atoms with Crippen LogP contribution in [0.3, 0.4) is 0 Å². The van der Waals surface area contributed by atoms with E-state index in [2.05, 4.69) is 4.98 Å². The average Bonchev–Trinajstić information content (AvgIpc) is 2.32. The summed E-state index contributed by atoms with van der Waals surface area (Å²) in [5, 5.41) is 10.0. The van der Waals surface area contributed by atoms with Gasteiger partial charge in [0.05, 0.1) is 0 Å². The van der Waals surface area contributed by atoms with E-state index in [9.17, 15) is 5.11 Å². The van der Waals surface area contributed by atoms with E-state index >= 15 is 0 Å². The summed E-state index contributed by atoms with van der Waals surface area (Å²) in [4.78, 5) is 4.24. The Morgan fingerprint density at radius 2 is 2.00 bits per heavy atom. The van der Waals surface area contributed by atoms with Gasteiger partial charge in [-0.2, -0.15) is 0 Å². The van der Waals surface area contributed by atoms with Gasteiger partial charge in [0, 0.05) is 16.9 Å². The van der Waals surface area contributed by atoms with Crippen LogP contribution in [0.4, 0.5) is 0 Å². The molecule has 0 aliphatic heterocycles. The third kappa shape index (κ3) is 2.74. The monoisotopic (exact) mass is 233 g/mol. The zero-order valence-corrected chi connectivity index (χ0v) is 9.48. The van der Waals surface area contributed by atoms with Crippen LogP contribution >= 0.6 is 11.6 Å². The van der Waals surface area contributed by atoms with E-state index in [1.807, 2.05) is 18.2 Å². The summed E-state index contributed by atoms with van der Waals surface area (Å²) in [5.74, 6) is 0.250. The Labute approximate surface area is 99.5 Å². The van der Waals surface area contributed by atoms with Crippen LogP contribution in [0, 0.1) is 0 Å². The summed E-state index contributed by atoms with van der Waals surface area (Å²) in [6.45, 7) is 0. The zero-order valence-electron chi connectivity index (χ0n) is 8.73. The van der Waals surface area contributed by atoms with E-state index < -0.39 is 0 Å². The second kappa shape index (κ2) is 4.99. The maximum absolute atomic E-state index is 9.36. The number of aryl methyl sites for hydroxylation is 2. The van der Waals surface area contributed by atoms with E-state index in [4.69, 9.17) is 11.6 Å². The van der Waals surface area contributed by atoms with Crippen LogP contribution in [0.1, 0.15) is 11.3 Å². The van der Waals surface area contributed by atoms with Crippen LogP contribution < -0.4 is 0 Å². The molecular weight excluding hydrogens is 222 g/mol. The van der Waals surface area contributed by atoms with Gasteiger partial charge in [-0.3, -0.25) is 4.98 Å². The summed E-state index contributed by atoms with van der Waals surface area (Å²) in [5.41, 5.74) is 1.98. The third-order valence-corrected chi connectivity index (χ3v) is 2.77. The lowest BCUT2D eigenvalue weighted by Crippen LogP contribution is -1.94. The van der Waals surface area contributed by atoms with Crippen LogP contribution in [-0.2, 0) is 12.8 Å². The summed E-state index contributed by atoms with van der Waals surface area (Å²) >= 11 is 6.03. The Kier molecular flexibility index (Phi) is 3.42. The molecule has 1 aromatic heterocycles. The third-order valence-electron chi connectivity index (χ3n) is 2.41. The maximum Gasteiger partial charge on any atom is 0.115 e. The Morgan fingerprint density at radius 1 is 1.12 bits per heavy atom. The Bertz CT molecular complexity index is 471. The highest BCUT2D eigenvalue weighted by molar-refractivity contribution is 6.31. The van der Waals surface area contributed by atoms with Crippen molar-refractivity contribution in [2.75, 3.05) is 0 Å². The van der Waals surface area contributed by atoms with Gasteiger partial charge in [0.1, 0.15) is 5.75 Å². The minimum Gasteiger partial charge on any atom is -0.508 e. The molecule has 82 valence electrons. The van der Waals surface area contributed by atoms with E-state index in [1.54, 1.807) is 24.4 Å². The van der Waals surface area contributed by atoms with Gasteiger partial charge in [-0.05, 0) is 48.7 Å². The Hall–Kier alpha value is -1.54. The predicted octanol–water partition coefficient (Wildman–Crippen LogP) is 3.23. The summed E-state index contributed by atoms with van der Waals surface area (Å²) in [6, 6.07) is 10.8. The van der Waals surface area contributed by atoms with Crippen molar-refractivity contribution in [3.63, 3.8) is 0 Å². The number of halogens is 1. The van der Waals surface area contributed by atoms with Gasteiger partial charge < -0.3 is 5.11 Å². The van der Waals surface area contributed by atoms with Crippen molar-refractivity contribution in [2.45, 2.75) is 12.8 Å². The lowest BCUT2D eigenvalue weighted by molar-refractivity contribution is 0.474. The fourth-order valence-electron chi connectivity index (χ4n) is 1.56. The maximum atomic E-state index is 9.36. The predicted molar refractivity (Wildman–Crippen MR) is 64.8 cm³/mol. The highest BCUT2D eigenvalue weighted by Crippen LogP contribution is 2.22. The zero-order chi connectivity index (χ0) is 11.4. The SMILES string of the molecule is Oc1ccc(Cl)c(CCc2ccccn2)c1. The first-order valence-electron chi connectivity index (χ1n) is 5.13. The number of hydrogen-bond acceptors (Lipinski definition) is 2. The minimum atomic E-state index is 0.250. The van der Waals surface area contributed by atoms with Gasteiger partial charge >= 0.3 is 0 Å². The number of aromatic nitrogens is 1. The largest absolute Gasteiger partial charge is 0.508 e. The molecule has 2 aromatic rings. The van der Waals surface area contributed by atoms with Gasteiger partial charge in [0.2, 0.25) is 0 Å². The fraction of sp³-hybridized carbons (Fsp3) is 0.154. The molecule has 0 aliphatic rings. The van der Waals surface area contributed by atoms with Crippen LogP contribution in [0.15, 0.2) is 42.6 Å². The van der Waals surface area contributed by atoms with Gasteiger partial charge in [0.15, 0.2) is 0 Å². The molecule has 16 heavy (non-hydrogen) atoms. The molecule has 1 N–H and O–H groups in total. The van der Waals surface area contributed by atoms with Crippen molar-refractivity contribution in [2.24, 2.45) is 0 Å². The highest BCUT2D eigenvalue weighted by Gasteiger charge is 2.02. The molecular formula is C13H12ClNO. The van der Waals surface area contributed by atoms with Crippen molar-refractivity contribution >= 4 is 11.6 Å². The van der Waals surface area contributed by atoms with Crippen molar-refractivity contribution < 1.29 is 5.11 Å². The van der Waals surface area contributed by atoms with Crippen molar-refractivity contribution in [1.82, 2.24) is 4.98 Å². The standard InChI is InChI=1S/C13H12ClNO/c14-13-7-6-12(16)9-10(13)4-5-11-3-1-2-8-15-11/h1-3,6-9,16H,4-5H2. The molecule has 1 aromatic carbocycles.